The molecule has 0 radical (unpaired) electrons. The first-order valence-electron chi connectivity index (χ1n) is 13.8. The SMILES string of the molecule is COc1ccc(Cl)cc1N1CCN(c2nnc(C(=O)N3CCN(C(=O)[C@@H]4CCCO4)CC3)c3ccccc23)CC1. The number of piperazine rings is 2. The van der Waals surface area contributed by atoms with Gasteiger partial charge in [0.05, 0.1) is 12.8 Å². The lowest BCUT2D eigenvalue weighted by atomic mass is 10.1. The van der Waals surface area contributed by atoms with E-state index >= 15 is 0 Å². The summed E-state index contributed by atoms with van der Waals surface area (Å²) in [6.45, 7) is 5.57. The topological polar surface area (TPSA) is 91.3 Å². The molecule has 3 fully saturated rings. The lowest BCUT2D eigenvalue weighted by Crippen LogP contribution is -2.53. The van der Waals surface area contributed by atoms with E-state index in [4.69, 9.17) is 21.1 Å². The predicted molar refractivity (Wildman–Crippen MR) is 153 cm³/mol. The Hall–Kier alpha value is -3.63. The Morgan fingerprint density at radius 3 is 2.30 bits per heavy atom. The number of carbonyl (C=O) groups is 2. The van der Waals surface area contributed by atoms with Gasteiger partial charge in [-0.25, -0.2) is 0 Å². The van der Waals surface area contributed by atoms with Gasteiger partial charge in [-0.05, 0) is 31.0 Å². The highest BCUT2D eigenvalue weighted by atomic mass is 35.5. The van der Waals surface area contributed by atoms with Gasteiger partial charge < -0.3 is 29.1 Å². The van der Waals surface area contributed by atoms with E-state index in [1.165, 1.54) is 0 Å². The predicted octanol–water partition coefficient (Wildman–Crippen LogP) is 3.08. The van der Waals surface area contributed by atoms with E-state index in [0.29, 0.717) is 43.5 Å². The van der Waals surface area contributed by atoms with Gasteiger partial charge in [0.2, 0.25) is 0 Å². The number of anilines is 2. The fourth-order valence-electron chi connectivity index (χ4n) is 5.81. The Labute approximate surface area is 238 Å². The number of halogens is 1. The molecule has 0 bridgehead atoms. The van der Waals surface area contributed by atoms with Crippen LogP contribution < -0.4 is 14.5 Å². The smallest absolute Gasteiger partial charge is 0.275 e. The van der Waals surface area contributed by atoms with Crippen molar-refractivity contribution in [3.8, 4) is 5.75 Å². The van der Waals surface area contributed by atoms with Gasteiger partial charge >= 0.3 is 0 Å². The van der Waals surface area contributed by atoms with Gasteiger partial charge in [-0.15, -0.1) is 10.2 Å². The zero-order valence-electron chi connectivity index (χ0n) is 22.6. The third-order valence-corrected chi connectivity index (χ3v) is 8.25. The molecule has 1 atom stereocenters. The number of fused-ring (bicyclic) bond motifs is 1. The van der Waals surface area contributed by atoms with E-state index in [1.807, 2.05) is 47.4 Å². The zero-order valence-corrected chi connectivity index (χ0v) is 23.3. The van der Waals surface area contributed by atoms with Crippen LogP contribution in [0, 0.1) is 0 Å². The Kier molecular flexibility index (Phi) is 7.62. The van der Waals surface area contributed by atoms with Crippen molar-refractivity contribution in [3.63, 3.8) is 0 Å². The Bertz CT molecular complexity index is 1400. The molecule has 11 heteroatoms. The number of hydrogen-bond donors (Lipinski definition) is 0. The van der Waals surface area contributed by atoms with Crippen LogP contribution in [-0.2, 0) is 9.53 Å². The molecule has 3 aliphatic rings. The molecule has 3 saturated heterocycles. The first-order chi connectivity index (χ1) is 19.5. The van der Waals surface area contributed by atoms with Crippen molar-refractivity contribution in [2.24, 2.45) is 0 Å². The normalized spacial score (nSPS) is 19.8. The van der Waals surface area contributed by atoms with Crippen LogP contribution in [0.15, 0.2) is 42.5 Å². The van der Waals surface area contributed by atoms with E-state index in [-0.39, 0.29) is 17.9 Å². The third-order valence-electron chi connectivity index (χ3n) is 8.01. The maximum atomic E-state index is 13.6. The highest BCUT2D eigenvalue weighted by Gasteiger charge is 2.33. The molecule has 10 nitrogen and oxygen atoms in total. The average molecular weight is 565 g/mol. The maximum absolute atomic E-state index is 13.6. The quantitative estimate of drug-likeness (QED) is 0.467. The molecule has 3 aliphatic heterocycles. The summed E-state index contributed by atoms with van der Waals surface area (Å²) in [5, 5.41) is 11.4. The minimum absolute atomic E-state index is 0.0353. The molecular weight excluding hydrogens is 532 g/mol. The third kappa shape index (κ3) is 5.13. The fourth-order valence-corrected chi connectivity index (χ4v) is 5.97. The van der Waals surface area contributed by atoms with Gasteiger partial charge in [-0.1, -0.05) is 35.9 Å². The Morgan fingerprint density at radius 1 is 0.900 bits per heavy atom. The van der Waals surface area contributed by atoms with Crippen molar-refractivity contribution in [1.29, 1.82) is 0 Å². The van der Waals surface area contributed by atoms with Crippen molar-refractivity contribution in [2.75, 3.05) is 75.9 Å². The van der Waals surface area contributed by atoms with Crippen LogP contribution in [0.25, 0.3) is 10.8 Å². The van der Waals surface area contributed by atoms with E-state index < -0.39 is 0 Å². The first kappa shape index (κ1) is 26.6. The van der Waals surface area contributed by atoms with Gasteiger partial charge in [0.25, 0.3) is 11.8 Å². The van der Waals surface area contributed by atoms with E-state index in [9.17, 15) is 9.59 Å². The summed E-state index contributed by atoms with van der Waals surface area (Å²) in [6, 6.07) is 13.5. The standard InChI is InChI=1S/C29H33ClN6O4/c1-39-24-9-8-20(30)19-23(24)33-10-12-34(13-11-33)27-22-6-3-2-5-21(22)26(31-32-27)29(38)36-16-14-35(15-17-36)28(37)25-7-4-18-40-25/h2-3,5-6,8-9,19,25H,4,7,10-18H2,1H3/t25-/m0/s1. The van der Waals surface area contributed by atoms with Crippen LogP contribution >= 0.6 is 11.6 Å². The largest absolute Gasteiger partial charge is 0.495 e. The number of ether oxygens (including phenoxy) is 2. The molecule has 4 heterocycles. The highest BCUT2D eigenvalue weighted by molar-refractivity contribution is 6.31. The van der Waals surface area contributed by atoms with Crippen molar-refractivity contribution in [3.05, 3.63) is 53.2 Å². The van der Waals surface area contributed by atoms with Crippen molar-refractivity contribution < 1.29 is 19.1 Å². The van der Waals surface area contributed by atoms with E-state index in [0.717, 1.165) is 67.0 Å². The minimum atomic E-state index is -0.334. The highest BCUT2D eigenvalue weighted by Crippen LogP contribution is 2.33. The Morgan fingerprint density at radius 2 is 1.60 bits per heavy atom. The molecule has 0 aliphatic carbocycles. The molecule has 2 amide bonds. The molecule has 0 spiro atoms. The van der Waals surface area contributed by atoms with E-state index in [1.54, 1.807) is 12.0 Å². The lowest BCUT2D eigenvalue weighted by Gasteiger charge is -2.37. The number of carbonyl (C=O) groups excluding carboxylic acids is 2. The van der Waals surface area contributed by atoms with Crippen LogP contribution in [0.3, 0.4) is 0 Å². The number of aromatic nitrogens is 2. The van der Waals surface area contributed by atoms with Gasteiger partial charge in [-0.2, -0.15) is 0 Å². The first-order valence-corrected chi connectivity index (χ1v) is 14.2. The van der Waals surface area contributed by atoms with Gasteiger partial charge in [0, 0.05) is 74.8 Å². The number of nitrogens with zero attached hydrogens (tertiary/aromatic N) is 6. The molecule has 0 N–H and O–H groups in total. The summed E-state index contributed by atoms with van der Waals surface area (Å²) in [5.41, 5.74) is 1.32. The molecule has 210 valence electrons. The van der Waals surface area contributed by atoms with Crippen LogP contribution in [-0.4, -0.2) is 104 Å². The van der Waals surface area contributed by atoms with Crippen LogP contribution in [0.2, 0.25) is 5.02 Å². The summed E-state index contributed by atoms with van der Waals surface area (Å²) in [5.74, 6) is 1.45. The van der Waals surface area contributed by atoms with E-state index in [2.05, 4.69) is 20.0 Å². The maximum Gasteiger partial charge on any atom is 0.275 e. The van der Waals surface area contributed by atoms with Crippen molar-refractivity contribution in [2.45, 2.75) is 18.9 Å². The number of hydrogen-bond acceptors (Lipinski definition) is 8. The molecular formula is C29H33ClN6O4. The van der Waals surface area contributed by atoms with Gasteiger partial charge in [0.1, 0.15) is 11.9 Å². The summed E-state index contributed by atoms with van der Waals surface area (Å²) < 4.78 is 11.1. The van der Waals surface area contributed by atoms with Crippen LogP contribution in [0.4, 0.5) is 11.5 Å². The Balaban J connectivity index is 1.16. The fraction of sp³-hybridized carbons (Fsp3) is 0.448. The number of amides is 2. The molecule has 0 unspecified atom stereocenters. The monoisotopic (exact) mass is 564 g/mol. The zero-order chi connectivity index (χ0) is 27.6. The van der Waals surface area contributed by atoms with Crippen LogP contribution in [0.5, 0.6) is 5.75 Å². The molecule has 1 aromatic heterocycles. The number of rotatable bonds is 5. The van der Waals surface area contributed by atoms with Crippen molar-refractivity contribution in [1.82, 2.24) is 20.0 Å². The number of benzene rings is 2. The average Bonchev–Trinajstić information content (AvgIpc) is 3.55. The summed E-state index contributed by atoms with van der Waals surface area (Å²) >= 11 is 6.26. The summed E-state index contributed by atoms with van der Waals surface area (Å²) in [4.78, 5) is 34.3. The minimum Gasteiger partial charge on any atom is -0.495 e. The summed E-state index contributed by atoms with van der Waals surface area (Å²) in [7, 11) is 1.67. The summed E-state index contributed by atoms with van der Waals surface area (Å²) in [6.07, 6.45) is 1.36. The van der Waals surface area contributed by atoms with Gasteiger partial charge in [-0.3, -0.25) is 9.59 Å². The molecule has 6 rings (SSSR count). The van der Waals surface area contributed by atoms with Gasteiger partial charge in [0.15, 0.2) is 11.5 Å². The number of methoxy groups -OCH3 is 1. The molecule has 40 heavy (non-hydrogen) atoms. The second kappa shape index (κ2) is 11.5. The molecule has 0 saturated carbocycles. The molecule has 2 aromatic carbocycles. The lowest BCUT2D eigenvalue weighted by molar-refractivity contribution is -0.142. The molecule has 3 aromatic rings. The van der Waals surface area contributed by atoms with Crippen molar-refractivity contribution >= 4 is 45.7 Å². The van der Waals surface area contributed by atoms with Crippen LogP contribution in [0.1, 0.15) is 23.3 Å². The second-order valence-electron chi connectivity index (χ2n) is 10.3. The second-order valence-corrected chi connectivity index (χ2v) is 10.8.